The second-order valence-electron chi connectivity index (χ2n) is 6.90. The molecule has 4 rings (SSSR count). The van der Waals surface area contributed by atoms with Gasteiger partial charge in [0.2, 0.25) is 5.75 Å². The lowest BCUT2D eigenvalue weighted by molar-refractivity contribution is 0.0929. The van der Waals surface area contributed by atoms with Gasteiger partial charge >= 0.3 is 0 Å². The summed E-state index contributed by atoms with van der Waals surface area (Å²) in [5.74, 6) is 2.01. The highest BCUT2D eigenvalue weighted by Gasteiger charge is 2.34. The van der Waals surface area contributed by atoms with Crippen LogP contribution in [0.15, 0.2) is 36.4 Å². The summed E-state index contributed by atoms with van der Waals surface area (Å²) in [5, 5.41) is 3.20. The Labute approximate surface area is 153 Å². The van der Waals surface area contributed by atoms with Gasteiger partial charge in [0, 0.05) is 5.56 Å². The molecule has 1 saturated carbocycles. The molecule has 2 aromatic rings. The van der Waals surface area contributed by atoms with Crippen molar-refractivity contribution in [1.82, 2.24) is 5.32 Å². The van der Waals surface area contributed by atoms with Crippen LogP contribution >= 0.6 is 0 Å². The number of rotatable bonds is 5. The van der Waals surface area contributed by atoms with Crippen LogP contribution in [0.3, 0.4) is 0 Å². The van der Waals surface area contributed by atoms with Crippen molar-refractivity contribution in [3.05, 3.63) is 53.1 Å². The molecule has 0 aromatic heterocycles. The zero-order valence-corrected chi connectivity index (χ0v) is 15.1. The maximum Gasteiger partial charge on any atom is 0.252 e. The van der Waals surface area contributed by atoms with E-state index in [9.17, 15) is 4.79 Å². The van der Waals surface area contributed by atoms with Crippen molar-refractivity contribution in [3.8, 4) is 17.2 Å². The van der Waals surface area contributed by atoms with Gasteiger partial charge < -0.3 is 19.5 Å². The zero-order valence-electron chi connectivity index (χ0n) is 15.1. The average Bonchev–Trinajstić information content (AvgIpc) is 3.51. The van der Waals surface area contributed by atoms with Crippen LogP contribution in [0.5, 0.6) is 17.2 Å². The highest BCUT2D eigenvalue weighted by molar-refractivity contribution is 5.96. The fourth-order valence-corrected chi connectivity index (χ4v) is 3.31. The third-order valence-corrected chi connectivity index (χ3v) is 4.91. The third kappa shape index (κ3) is 3.34. The first-order chi connectivity index (χ1) is 12.7. The van der Waals surface area contributed by atoms with Gasteiger partial charge in [-0.3, -0.25) is 4.79 Å². The van der Waals surface area contributed by atoms with Crippen LogP contribution in [-0.4, -0.2) is 26.2 Å². The molecule has 5 heteroatoms. The van der Waals surface area contributed by atoms with Crippen molar-refractivity contribution < 1.29 is 19.0 Å². The van der Waals surface area contributed by atoms with Gasteiger partial charge in [0.25, 0.3) is 5.91 Å². The average molecular weight is 353 g/mol. The number of nitrogens with one attached hydrogen (secondary N) is 1. The Morgan fingerprint density at radius 3 is 2.58 bits per heavy atom. The van der Waals surface area contributed by atoms with Crippen molar-refractivity contribution in [1.29, 1.82) is 0 Å². The van der Waals surface area contributed by atoms with Gasteiger partial charge in [-0.15, -0.1) is 0 Å². The Morgan fingerprint density at radius 1 is 1.15 bits per heavy atom. The van der Waals surface area contributed by atoms with Crippen molar-refractivity contribution in [2.24, 2.45) is 5.92 Å². The lowest BCUT2D eigenvalue weighted by Crippen LogP contribution is -2.30. The summed E-state index contributed by atoms with van der Waals surface area (Å²) in [5.41, 5.74) is 2.88. The molecule has 1 heterocycles. The topological polar surface area (TPSA) is 56.8 Å². The number of carbonyl (C=O) groups is 1. The van der Waals surface area contributed by atoms with Crippen LogP contribution in [0.25, 0.3) is 0 Å². The van der Waals surface area contributed by atoms with Crippen LogP contribution in [0.1, 0.15) is 40.4 Å². The summed E-state index contributed by atoms with van der Waals surface area (Å²) < 4.78 is 16.6. The number of carbonyl (C=O) groups excluding carboxylic acids is 1. The number of ether oxygens (including phenoxy) is 3. The quantitative estimate of drug-likeness (QED) is 0.891. The first-order valence-corrected chi connectivity index (χ1v) is 9.01. The van der Waals surface area contributed by atoms with Crippen molar-refractivity contribution >= 4 is 5.91 Å². The molecule has 1 fully saturated rings. The number of fused-ring (bicyclic) bond motifs is 1. The van der Waals surface area contributed by atoms with E-state index in [2.05, 4.69) is 36.5 Å². The summed E-state index contributed by atoms with van der Waals surface area (Å²) in [7, 11) is 1.56. The number of aryl methyl sites for hydroxylation is 1. The second-order valence-corrected chi connectivity index (χ2v) is 6.90. The molecule has 1 unspecified atom stereocenters. The predicted octanol–water partition coefficient (Wildman–Crippen LogP) is 3.66. The molecular formula is C21H23NO4. The lowest BCUT2D eigenvalue weighted by atomic mass is 10.0. The Hall–Kier alpha value is -2.69. The van der Waals surface area contributed by atoms with Crippen molar-refractivity contribution in [2.45, 2.75) is 25.8 Å². The molecule has 1 N–H and O–H groups in total. The summed E-state index contributed by atoms with van der Waals surface area (Å²) in [6.07, 6.45) is 2.28. The minimum Gasteiger partial charge on any atom is -0.493 e. The van der Waals surface area contributed by atoms with E-state index < -0.39 is 0 Å². The smallest absolute Gasteiger partial charge is 0.252 e. The van der Waals surface area contributed by atoms with Gasteiger partial charge in [0.15, 0.2) is 11.5 Å². The molecule has 2 aromatic carbocycles. The number of hydrogen-bond donors (Lipinski definition) is 1. The fraction of sp³-hybridized carbons (Fsp3) is 0.381. The molecule has 1 amide bonds. The first kappa shape index (κ1) is 16.8. The first-order valence-electron chi connectivity index (χ1n) is 9.01. The van der Waals surface area contributed by atoms with E-state index in [4.69, 9.17) is 14.2 Å². The van der Waals surface area contributed by atoms with Crippen LogP contribution < -0.4 is 19.5 Å². The Morgan fingerprint density at radius 2 is 1.88 bits per heavy atom. The van der Waals surface area contributed by atoms with Crippen LogP contribution in [-0.2, 0) is 0 Å². The maximum atomic E-state index is 12.9. The highest BCUT2D eigenvalue weighted by atomic mass is 16.6. The van der Waals surface area contributed by atoms with E-state index in [0.29, 0.717) is 41.9 Å². The molecule has 1 aliphatic heterocycles. The summed E-state index contributed by atoms with van der Waals surface area (Å²) >= 11 is 0. The molecule has 26 heavy (non-hydrogen) atoms. The predicted molar refractivity (Wildman–Crippen MR) is 98.1 cm³/mol. The molecule has 2 aliphatic rings. The summed E-state index contributed by atoms with van der Waals surface area (Å²) in [4.78, 5) is 12.9. The zero-order chi connectivity index (χ0) is 18.1. The molecule has 1 atom stereocenters. The van der Waals surface area contributed by atoms with E-state index in [0.717, 1.165) is 18.4 Å². The van der Waals surface area contributed by atoms with Gasteiger partial charge in [-0.05, 0) is 43.4 Å². The fourth-order valence-electron chi connectivity index (χ4n) is 3.31. The molecule has 5 nitrogen and oxygen atoms in total. The van der Waals surface area contributed by atoms with E-state index in [1.165, 1.54) is 5.56 Å². The third-order valence-electron chi connectivity index (χ3n) is 4.91. The Balaban J connectivity index is 1.59. The van der Waals surface area contributed by atoms with Crippen molar-refractivity contribution in [3.63, 3.8) is 0 Å². The van der Waals surface area contributed by atoms with Gasteiger partial charge in [0.1, 0.15) is 13.2 Å². The standard InChI is InChI=1S/C21H23NO4/c1-13-3-5-14(6-4-13)19(15-7-8-15)22-21(23)16-11-17(24-2)20-18(12-16)25-9-10-26-20/h3-6,11-12,15,19H,7-10H2,1-2H3,(H,22,23). The monoisotopic (exact) mass is 353 g/mol. The number of amides is 1. The minimum atomic E-state index is -0.127. The summed E-state index contributed by atoms with van der Waals surface area (Å²) in [6.45, 7) is 3.01. The molecule has 0 bridgehead atoms. The lowest BCUT2D eigenvalue weighted by Gasteiger charge is -2.23. The van der Waals surface area contributed by atoms with E-state index in [1.54, 1.807) is 19.2 Å². The summed E-state index contributed by atoms with van der Waals surface area (Å²) in [6, 6.07) is 11.8. The number of hydrogen-bond acceptors (Lipinski definition) is 4. The molecule has 0 radical (unpaired) electrons. The van der Waals surface area contributed by atoms with E-state index >= 15 is 0 Å². The number of benzene rings is 2. The second kappa shape index (κ2) is 6.90. The molecule has 0 saturated heterocycles. The largest absolute Gasteiger partial charge is 0.493 e. The molecule has 136 valence electrons. The minimum absolute atomic E-state index is 0.0299. The molecular weight excluding hydrogens is 330 g/mol. The number of methoxy groups -OCH3 is 1. The van der Waals surface area contributed by atoms with Gasteiger partial charge in [-0.25, -0.2) is 0 Å². The maximum absolute atomic E-state index is 12.9. The van der Waals surface area contributed by atoms with Gasteiger partial charge in [-0.2, -0.15) is 0 Å². The van der Waals surface area contributed by atoms with Crippen LogP contribution in [0, 0.1) is 12.8 Å². The molecule has 0 spiro atoms. The molecule has 1 aliphatic carbocycles. The van der Waals surface area contributed by atoms with Gasteiger partial charge in [0.05, 0.1) is 13.2 Å². The van der Waals surface area contributed by atoms with Crippen LogP contribution in [0.2, 0.25) is 0 Å². The Kier molecular flexibility index (Phi) is 4.45. The van der Waals surface area contributed by atoms with Gasteiger partial charge in [-0.1, -0.05) is 29.8 Å². The van der Waals surface area contributed by atoms with E-state index in [-0.39, 0.29) is 11.9 Å². The normalized spacial score (nSPS) is 16.7. The Bertz CT molecular complexity index is 794. The highest BCUT2D eigenvalue weighted by Crippen LogP contribution is 2.42. The van der Waals surface area contributed by atoms with E-state index in [1.807, 2.05) is 0 Å². The van der Waals surface area contributed by atoms with Crippen LogP contribution in [0.4, 0.5) is 0 Å². The van der Waals surface area contributed by atoms with Crippen molar-refractivity contribution in [2.75, 3.05) is 20.3 Å². The SMILES string of the molecule is COc1cc(C(=O)NC(c2ccc(C)cc2)C2CC2)cc2c1OCCO2.